The lowest BCUT2D eigenvalue weighted by Gasteiger charge is -2.39. The topological polar surface area (TPSA) is 61.3 Å². The first-order valence-electron chi connectivity index (χ1n) is 15.1. The van der Waals surface area contributed by atoms with Crippen molar-refractivity contribution in [3.63, 3.8) is 0 Å². The summed E-state index contributed by atoms with van der Waals surface area (Å²) >= 11 is 0. The molecule has 8 nitrogen and oxygen atoms in total. The predicted octanol–water partition coefficient (Wildman–Crippen LogP) is 4.47. The van der Waals surface area contributed by atoms with Gasteiger partial charge in [-0.15, -0.1) is 0 Å². The summed E-state index contributed by atoms with van der Waals surface area (Å²) in [5, 5.41) is 0.175. The highest BCUT2D eigenvalue weighted by atomic mass is 19.1. The highest BCUT2D eigenvalue weighted by molar-refractivity contribution is 6.01. The molecule has 3 aromatic rings. The molecular weight excluding hydrogens is 521 g/mol. The van der Waals surface area contributed by atoms with Crippen LogP contribution in [0, 0.1) is 5.82 Å². The number of aromatic nitrogens is 1. The summed E-state index contributed by atoms with van der Waals surface area (Å²) in [7, 11) is 0. The number of carbonyl (C=O) groups excluding carboxylic acids is 1. The molecule has 0 spiro atoms. The normalized spacial score (nSPS) is 20.1. The molecule has 4 aliphatic rings. The Balaban J connectivity index is 1.28. The van der Waals surface area contributed by atoms with Crippen LogP contribution in [0.3, 0.4) is 0 Å². The molecule has 3 saturated heterocycles. The number of piperazine rings is 1. The Morgan fingerprint density at radius 2 is 1.68 bits per heavy atom. The van der Waals surface area contributed by atoms with E-state index in [0.29, 0.717) is 61.0 Å². The second-order valence-electron chi connectivity index (χ2n) is 12.1. The smallest absolute Gasteiger partial charge is 0.259 e. The molecule has 1 amide bonds. The van der Waals surface area contributed by atoms with Crippen molar-refractivity contribution in [2.45, 2.75) is 51.6 Å². The van der Waals surface area contributed by atoms with Crippen LogP contribution in [0.5, 0.6) is 11.5 Å². The van der Waals surface area contributed by atoms with Crippen molar-refractivity contribution >= 4 is 22.5 Å². The number of rotatable bonds is 4. The maximum atomic E-state index is 16.0. The molecule has 0 N–H and O–H groups in total. The summed E-state index contributed by atoms with van der Waals surface area (Å²) in [6, 6.07) is 9.77. The minimum atomic E-state index is -0.496. The zero-order valence-corrected chi connectivity index (χ0v) is 23.9. The minimum Gasteiger partial charge on any atom is -0.451 e. The Kier molecular flexibility index (Phi) is 6.74. The molecule has 5 heterocycles. The van der Waals surface area contributed by atoms with Crippen LogP contribution in [0.4, 0.5) is 10.1 Å². The summed E-state index contributed by atoms with van der Waals surface area (Å²) in [6.07, 6.45) is 5.97. The molecule has 0 bridgehead atoms. The zero-order chi connectivity index (χ0) is 28.2. The van der Waals surface area contributed by atoms with E-state index in [2.05, 4.69) is 23.6 Å². The van der Waals surface area contributed by atoms with Crippen molar-refractivity contribution in [3.05, 3.63) is 58.1 Å². The van der Waals surface area contributed by atoms with Gasteiger partial charge in [-0.3, -0.25) is 14.5 Å². The number of hydrogen-bond acceptors (Lipinski definition) is 6. The van der Waals surface area contributed by atoms with Crippen molar-refractivity contribution in [2.24, 2.45) is 0 Å². The number of carbonyl (C=O) groups is 1. The number of hydrogen-bond donors (Lipinski definition) is 0. The van der Waals surface area contributed by atoms with Crippen LogP contribution in [0.2, 0.25) is 0 Å². The van der Waals surface area contributed by atoms with E-state index in [1.165, 1.54) is 18.9 Å². The van der Waals surface area contributed by atoms with Crippen LogP contribution in [-0.4, -0.2) is 89.6 Å². The molecule has 0 unspecified atom stereocenters. The highest BCUT2D eigenvalue weighted by Crippen LogP contribution is 2.46. The zero-order valence-electron chi connectivity index (χ0n) is 23.9. The number of pyridine rings is 1. The van der Waals surface area contributed by atoms with Crippen LogP contribution in [-0.2, 0) is 0 Å². The molecular formula is C32H38FN5O3. The van der Waals surface area contributed by atoms with Crippen LogP contribution in [0.15, 0.2) is 41.3 Å². The molecule has 1 aromatic heterocycles. The van der Waals surface area contributed by atoms with Gasteiger partial charge in [-0.25, -0.2) is 4.39 Å². The van der Waals surface area contributed by atoms with E-state index in [9.17, 15) is 9.59 Å². The molecule has 216 valence electrons. The van der Waals surface area contributed by atoms with Crippen LogP contribution in [0.1, 0.15) is 49.9 Å². The first-order valence-corrected chi connectivity index (χ1v) is 15.1. The number of nitrogens with zero attached hydrogens (tertiary/aromatic N) is 5. The van der Waals surface area contributed by atoms with Gasteiger partial charge in [0, 0.05) is 57.5 Å². The van der Waals surface area contributed by atoms with E-state index in [-0.39, 0.29) is 16.9 Å². The van der Waals surface area contributed by atoms with Gasteiger partial charge in [0.05, 0.1) is 11.1 Å². The molecule has 0 radical (unpaired) electrons. The van der Waals surface area contributed by atoms with Gasteiger partial charge >= 0.3 is 0 Å². The summed E-state index contributed by atoms with van der Waals surface area (Å²) in [6.45, 7) is 10.8. The Bertz CT molecular complexity index is 1550. The molecule has 2 aromatic carbocycles. The van der Waals surface area contributed by atoms with Gasteiger partial charge in [0.1, 0.15) is 16.8 Å². The number of benzene rings is 2. The van der Waals surface area contributed by atoms with Crippen molar-refractivity contribution in [2.75, 3.05) is 57.3 Å². The average molecular weight is 560 g/mol. The van der Waals surface area contributed by atoms with Gasteiger partial charge in [-0.05, 0) is 70.8 Å². The second-order valence-corrected chi connectivity index (χ2v) is 12.1. The third-order valence-corrected chi connectivity index (χ3v) is 9.51. The number of likely N-dealkylation sites (tertiary alicyclic amines) is 2. The van der Waals surface area contributed by atoms with Crippen molar-refractivity contribution in [3.8, 4) is 17.2 Å². The molecule has 7 rings (SSSR count). The van der Waals surface area contributed by atoms with E-state index in [1.807, 2.05) is 33.7 Å². The Hall–Kier alpha value is -3.43. The van der Waals surface area contributed by atoms with Gasteiger partial charge in [0.2, 0.25) is 5.43 Å². The van der Waals surface area contributed by atoms with E-state index in [1.54, 1.807) is 11.1 Å². The molecule has 0 saturated carbocycles. The third kappa shape index (κ3) is 4.50. The van der Waals surface area contributed by atoms with Crippen LogP contribution in [0.25, 0.3) is 16.6 Å². The predicted molar refractivity (Wildman–Crippen MR) is 158 cm³/mol. The first kappa shape index (κ1) is 26.5. The molecule has 4 aliphatic heterocycles. The van der Waals surface area contributed by atoms with Crippen molar-refractivity contribution in [1.82, 2.24) is 19.3 Å². The fourth-order valence-electron chi connectivity index (χ4n) is 7.18. The van der Waals surface area contributed by atoms with Gasteiger partial charge < -0.3 is 24.0 Å². The minimum absolute atomic E-state index is 0.0810. The second kappa shape index (κ2) is 10.4. The Morgan fingerprint density at radius 1 is 0.976 bits per heavy atom. The monoisotopic (exact) mass is 559 g/mol. The average Bonchev–Trinajstić information content (AvgIpc) is 3.53. The lowest BCUT2D eigenvalue weighted by atomic mass is 10.0. The van der Waals surface area contributed by atoms with Crippen molar-refractivity contribution in [1.29, 1.82) is 0 Å². The van der Waals surface area contributed by atoms with E-state index >= 15 is 4.39 Å². The van der Waals surface area contributed by atoms with Crippen LogP contribution >= 0.6 is 0 Å². The standard InChI is InChI=1S/C32H38FN5O3/c1-21(2)34-15-17-36(18-16-34)29-25(33)19-23-28-31(29)41-27-8-4-3-7-26(27)38(28)20-24(30(23)39)32(40)37-13-9-22(10-14-37)35-11-5-6-12-35/h3-4,7-8,19-22H,5-6,9-18H2,1-2H3. The summed E-state index contributed by atoms with van der Waals surface area (Å²) < 4.78 is 24.2. The summed E-state index contributed by atoms with van der Waals surface area (Å²) in [5.41, 5.74) is 1.26. The summed E-state index contributed by atoms with van der Waals surface area (Å²) in [4.78, 5) is 36.4. The number of halogens is 1. The maximum absolute atomic E-state index is 16.0. The lowest BCUT2D eigenvalue weighted by molar-refractivity contribution is 0.0643. The van der Waals surface area contributed by atoms with Crippen molar-refractivity contribution < 1.29 is 13.9 Å². The van der Waals surface area contributed by atoms with Gasteiger partial charge in [-0.1, -0.05) is 12.1 Å². The van der Waals surface area contributed by atoms with Gasteiger partial charge in [0.15, 0.2) is 17.3 Å². The Morgan fingerprint density at radius 3 is 2.39 bits per heavy atom. The fraction of sp³-hybridized carbons (Fsp3) is 0.500. The van der Waals surface area contributed by atoms with Crippen LogP contribution < -0.4 is 15.1 Å². The Labute approximate surface area is 239 Å². The third-order valence-electron chi connectivity index (χ3n) is 9.51. The quantitative estimate of drug-likeness (QED) is 0.368. The number of para-hydroxylation sites is 2. The number of anilines is 1. The van der Waals surface area contributed by atoms with Gasteiger partial charge in [-0.2, -0.15) is 0 Å². The molecule has 3 fully saturated rings. The fourth-order valence-corrected chi connectivity index (χ4v) is 7.18. The molecule has 0 atom stereocenters. The SMILES string of the molecule is CC(C)N1CCN(c2c(F)cc3c(=O)c(C(=O)N4CCC(N5CCCC5)CC4)cn4c3c2Oc2ccccc2-4)CC1. The summed E-state index contributed by atoms with van der Waals surface area (Å²) in [5.74, 6) is 0.145. The van der Waals surface area contributed by atoms with E-state index in [0.717, 1.165) is 44.7 Å². The molecule has 0 aliphatic carbocycles. The van der Waals surface area contributed by atoms with Gasteiger partial charge in [0.25, 0.3) is 5.91 Å². The number of ether oxygens (including phenoxy) is 1. The molecule has 41 heavy (non-hydrogen) atoms. The lowest BCUT2D eigenvalue weighted by Crippen LogP contribution is -2.49. The van der Waals surface area contributed by atoms with E-state index < -0.39 is 11.2 Å². The number of amides is 1. The molecule has 9 heteroatoms. The van der Waals surface area contributed by atoms with E-state index in [4.69, 9.17) is 4.74 Å². The number of piperidine rings is 1. The maximum Gasteiger partial charge on any atom is 0.259 e. The largest absolute Gasteiger partial charge is 0.451 e. The highest BCUT2D eigenvalue weighted by Gasteiger charge is 2.34. The number of fused-ring (bicyclic) bond motifs is 2. The first-order chi connectivity index (χ1) is 19.9.